The second-order valence-electron chi connectivity index (χ2n) is 8.77. The molecule has 4 aromatic rings. The van der Waals surface area contributed by atoms with Gasteiger partial charge in [-0.15, -0.1) is 0 Å². The first kappa shape index (κ1) is 39.5. The number of carboxylic acid groups (broad SMARTS) is 2. The van der Waals surface area contributed by atoms with Gasteiger partial charge in [-0.3, -0.25) is 29.5 Å². The normalized spacial score (nSPS) is 9.51. The van der Waals surface area contributed by atoms with Crippen LogP contribution >= 0.6 is 0 Å². The summed E-state index contributed by atoms with van der Waals surface area (Å²) in [6, 6.07) is 23.7. The van der Waals surface area contributed by atoms with E-state index >= 15 is 0 Å². The number of benzene rings is 2. The van der Waals surface area contributed by atoms with Crippen LogP contribution in [0, 0.1) is 0 Å². The van der Waals surface area contributed by atoms with Crippen LogP contribution in [0.4, 0.5) is 11.4 Å². The summed E-state index contributed by atoms with van der Waals surface area (Å²) in [5.74, 6) is -2.47. The van der Waals surface area contributed by atoms with E-state index in [0.29, 0.717) is 22.8 Å². The Labute approximate surface area is 272 Å². The molecule has 2 heterocycles. The molecule has 0 atom stereocenters. The second-order valence-corrected chi connectivity index (χ2v) is 8.77. The molecule has 0 bridgehead atoms. The van der Waals surface area contributed by atoms with E-state index in [4.69, 9.17) is 0 Å². The summed E-state index contributed by atoms with van der Waals surface area (Å²) in [5.41, 5.74) is 2.19. The van der Waals surface area contributed by atoms with Crippen molar-refractivity contribution in [1.82, 2.24) is 19.8 Å². The van der Waals surface area contributed by atoms with Crippen LogP contribution in [-0.4, -0.2) is 85.1 Å². The van der Waals surface area contributed by atoms with Crippen LogP contribution in [0.15, 0.2) is 107 Å². The van der Waals surface area contributed by atoms with Gasteiger partial charge in [-0.2, -0.15) is 0 Å². The van der Waals surface area contributed by atoms with Crippen LogP contribution < -0.4 is 10.2 Å². The molecule has 235 valence electrons. The summed E-state index contributed by atoms with van der Waals surface area (Å²) in [4.78, 5) is 59.7. The summed E-state index contributed by atoms with van der Waals surface area (Å²) in [7, 11) is 6.75. The number of carbonyl (C=O) groups excluding carboxylic acids is 4. The van der Waals surface area contributed by atoms with Crippen molar-refractivity contribution in [1.29, 1.82) is 0 Å². The third kappa shape index (κ3) is 17.2. The van der Waals surface area contributed by atoms with Gasteiger partial charge in [-0.05, 0) is 36.4 Å². The Hall–Kier alpha value is -5.53. The maximum atomic E-state index is 10.8. The summed E-state index contributed by atoms with van der Waals surface area (Å²) in [6.07, 6.45) is 7.82. The molecule has 0 unspecified atom stereocenters. The molecule has 12 nitrogen and oxygen atoms in total. The molecule has 2 aromatic carbocycles. The molecule has 0 saturated heterocycles. The standard InChI is InChI=1S/2C13H10N2O2.2C3H7NO.Co/c2*16-13(17)11-6-1-2-7-12(11)15-9-10-5-3-4-8-14-10;2*1-4(2)3-5;/h2*1-9H,(H,16,17);2*3H,1-2H3;/q;;;;+2/p-2. The van der Waals surface area contributed by atoms with Gasteiger partial charge in [0.1, 0.15) is 0 Å². The Kier molecular flexibility index (Phi) is 20.2. The minimum Gasteiger partial charge on any atom is -0.545 e. The number of aromatic carboxylic acids is 2. The van der Waals surface area contributed by atoms with Crippen LogP contribution in [0.2, 0.25) is 0 Å². The van der Waals surface area contributed by atoms with E-state index in [2.05, 4.69) is 20.0 Å². The summed E-state index contributed by atoms with van der Waals surface area (Å²) in [6.45, 7) is 0. The molecule has 2 amide bonds. The van der Waals surface area contributed by atoms with Gasteiger partial charge >= 0.3 is 16.8 Å². The number of carbonyl (C=O) groups is 4. The van der Waals surface area contributed by atoms with Gasteiger partial charge in [0.2, 0.25) is 12.8 Å². The summed E-state index contributed by atoms with van der Waals surface area (Å²) >= 11 is 0. The molecule has 13 heteroatoms. The first-order valence-electron chi connectivity index (χ1n) is 12.8. The molecule has 0 aliphatic carbocycles. The van der Waals surface area contributed by atoms with Gasteiger partial charge in [0.15, 0.2) is 0 Å². The molecule has 0 spiro atoms. The van der Waals surface area contributed by atoms with E-state index in [1.165, 1.54) is 34.4 Å². The van der Waals surface area contributed by atoms with Crippen molar-refractivity contribution in [2.24, 2.45) is 9.98 Å². The number of para-hydroxylation sites is 2. The van der Waals surface area contributed by atoms with Gasteiger partial charge in [-0.1, -0.05) is 48.5 Å². The fraction of sp³-hybridized carbons (Fsp3) is 0.125. The zero-order chi connectivity index (χ0) is 32.7. The molecule has 0 N–H and O–H groups in total. The van der Waals surface area contributed by atoms with Crippen LogP contribution in [-0.2, 0) is 26.4 Å². The quantitative estimate of drug-likeness (QED) is 0.204. The first-order valence-corrected chi connectivity index (χ1v) is 12.8. The average molecular weight is 656 g/mol. The van der Waals surface area contributed by atoms with Crippen LogP contribution in [0.5, 0.6) is 0 Å². The monoisotopic (exact) mass is 655 g/mol. The molecule has 0 aliphatic heterocycles. The molecule has 1 radical (unpaired) electrons. The van der Waals surface area contributed by atoms with Crippen molar-refractivity contribution < 1.29 is 46.2 Å². The molecule has 2 aromatic heterocycles. The number of rotatable bonds is 8. The largest absolute Gasteiger partial charge is 2.00 e. The van der Waals surface area contributed by atoms with Crippen LogP contribution in [0.1, 0.15) is 32.1 Å². The first-order chi connectivity index (χ1) is 21.1. The third-order valence-corrected chi connectivity index (χ3v) is 4.72. The zero-order valence-corrected chi connectivity index (χ0v) is 26.1. The fourth-order valence-electron chi connectivity index (χ4n) is 2.69. The number of pyridine rings is 2. The molecule has 0 fully saturated rings. The number of hydrogen-bond donors (Lipinski definition) is 0. The van der Waals surface area contributed by atoms with Gasteiger partial charge in [0, 0.05) is 51.7 Å². The van der Waals surface area contributed by atoms with E-state index in [1.54, 1.807) is 101 Å². The van der Waals surface area contributed by atoms with E-state index in [1.807, 2.05) is 12.1 Å². The second kappa shape index (κ2) is 23.0. The Morgan fingerprint density at radius 3 is 1.18 bits per heavy atom. The molecule has 0 saturated carbocycles. The minimum absolute atomic E-state index is 0. The Morgan fingerprint density at radius 2 is 0.911 bits per heavy atom. The number of amides is 2. The van der Waals surface area contributed by atoms with Gasteiger partial charge < -0.3 is 29.6 Å². The Balaban J connectivity index is 0.000000654. The van der Waals surface area contributed by atoms with Gasteiger partial charge in [-0.25, -0.2) is 0 Å². The predicted octanol–water partition coefficient (Wildman–Crippen LogP) is 1.80. The average Bonchev–Trinajstić information content (AvgIpc) is 3.04. The van der Waals surface area contributed by atoms with E-state index < -0.39 is 11.9 Å². The van der Waals surface area contributed by atoms with Crippen molar-refractivity contribution in [2.45, 2.75) is 0 Å². The fourth-order valence-corrected chi connectivity index (χ4v) is 2.69. The van der Waals surface area contributed by atoms with Crippen molar-refractivity contribution in [3.63, 3.8) is 0 Å². The third-order valence-electron chi connectivity index (χ3n) is 4.72. The van der Waals surface area contributed by atoms with E-state index in [9.17, 15) is 29.4 Å². The van der Waals surface area contributed by atoms with Gasteiger partial charge in [0.05, 0.1) is 47.1 Å². The predicted molar refractivity (Wildman–Crippen MR) is 164 cm³/mol. The SMILES string of the molecule is CN(C)C=O.CN(C)C=O.O=C([O-])c1ccccc1N=Cc1ccccn1.O=C([O-])c1ccccc1N=Cc1ccccn1.[Co+2]. The Morgan fingerprint density at radius 1 is 0.600 bits per heavy atom. The molecule has 45 heavy (non-hydrogen) atoms. The van der Waals surface area contributed by atoms with E-state index in [0.717, 1.165) is 12.8 Å². The van der Waals surface area contributed by atoms with Crippen LogP contribution in [0.25, 0.3) is 0 Å². The summed E-state index contributed by atoms with van der Waals surface area (Å²) < 4.78 is 0. The number of nitrogens with zero attached hydrogens (tertiary/aromatic N) is 6. The van der Waals surface area contributed by atoms with Crippen LogP contribution in [0.3, 0.4) is 0 Å². The maximum Gasteiger partial charge on any atom is 2.00 e. The number of aromatic nitrogens is 2. The van der Waals surface area contributed by atoms with Crippen molar-refractivity contribution in [3.8, 4) is 0 Å². The molecule has 4 rings (SSSR count). The number of hydrogen-bond acceptors (Lipinski definition) is 10. The van der Waals surface area contributed by atoms with Crippen molar-refractivity contribution >= 4 is 48.6 Å². The molecule has 0 aliphatic rings. The molecular weight excluding hydrogens is 623 g/mol. The molecular formula is C32H32CoN6O6. The summed E-state index contributed by atoms with van der Waals surface area (Å²) in [5, 5.41) is 21.7. The van der Waals surface area contributed by atoms with Gasteiger partial charge in [0.25, 0.3) is 0 Å². The van der Waals surface area contributed by atoms with Crippen molar-refractivity contribution in [2.75, 3.05) is 28.2 Å². The smallest absolute Gasteiger partial charge is 0.545 e. The Bertz CT molecular complexity index is 1400. The zero-order valence-electron chi connectivity index (χ0n) is 25.0. The maximum absolute atomic E-state index is 10.8. The number of aliphatic imine (C=N–C) groups is 2. The van der Waals surface area contributed by atoms with Crippen molar-refractivity contribution in [3.05, 3.63) is 120 Å². The topological polar surface area (TPSA) is 171 Å². The minimum atomic E-state index is -1.24. The number of carboxylic acids is 2. The van der Waals surface area contributed by atoms with E-state index in [-0.39, 0.29) is 27.9 Å².